The number of carbonyl (C=O) groups is 1. The maximum atomic E-state index is 13.5. The van der Waals surface area contributed by atoms with Crippen LogP contribution in [0.2, 0.25) is 0 Å². The molecule has 150 valence electrons. The summed E-state index contributed by atoms with van der Waals surface area (Å²) in [5.74, 6) is 1.85. The molecular formula is C24H26N2O3. The zero-order valence-electron chi connectivity index (χ0n) is 17.0. The van der Waals surface area contributed by atoms with E-state index in [2.05, 4.69) is 19.2 Å². The summed E-state index contributed by atoms with van der Waals surface area (Å²) in [5, 5.41) is 3.59. The lowest BCUT2D eigenvalue weighted by Gasteiger charge is -2.46. The van der Waals surface area contributed by atoms with E-state index in [0.29, 0.717) is 24.6 Å². The Kier molecular flexibility index (Phi) is 5.05. The second kappa shape index (κ2) is 7.66. The highest BCUT2D eigenvalue weighted by Gasteiger charge is 2.44. The third kappa shape index (κ3) is 3.60. The second-order valence-corrected chi connectivity index (χ2v) is 7.91. The maximum absolute atomic E-state index is 13.5. The maximum Gasteiger partial charge on any atom is 0.258 e. The van der Waals surface area contributed by atoms with Gasteiger partial charge >= 0.3 is 0 Å². The number of fused-ring (bicyclic) bond motifs is 1. The average molecular weight is 390 g/mol. The van der Waals surface area contributed by atoms with E-state index in [4.69, 9.17) is 9.15 Å². The Morgan fingerprint density at radius 1 is 1.07 bits per heavy atom. The monoisotopic (exact) mass is 390 g/mol. The fraction of sp³-hybridized carbons (Fsp3) is 0.292. The Balaban J connectivity index is 1.81. The van der Waals surface area contributed by atoms with E-state index in [1.807, 2.05) is 72.5 Å². The molecule has 1 amide bonds. The molecule has 1 atom stereocenters. The summed E-state index contributed by atoms with van der Waals surface area (Å²) in [6.07, 6.45) is 1.63. The highest BCUT2D eigenvalue weighted by atomic mass is 16.5. The van der Waals surface area contributed by atoms with Crippen LogP contribution in [0.3, 0.4) is 0 Å². The molecule has 1 aliphatic heterocycles. The van der Waals surface area contributed by atoms with Crippen molar-refractivity contribution in [1.29, 1.82) is 0 Å². The first-order valence-electron chi connectivity index (χ1n) is 9.93. The Morgan fingerprint density at radius 3 is 2.59 bits per heavy atom. The first-order chi connectivity index (χ1) is 14.0. The highest BCUT2D eigenvalue weighted by molar-refractivity contribution is 6.02. The lowest BCUT2D eigenvalue weighted by Crippen LogP contribution is -2.55. The fourth-order valence-electron chi connectivity index (χ4n) is 3.71. The second-order valence-electron chi connectivity index (χ2n) is 7.91. The number of carbonyl (C=O) groups excluding carboxylic acids is 1. The van der Waals surface area contributed by atoms with Crippen molar-refractivity contribution in [3.8, 4) is 5.75 Å². The summed E-state index contributed by atoms with van der Waals surface area (Å²) in [6, 6.07) is 19.2. The predicted octanol–water partition coefficient (Wildman–Crippen LogP) is 5.26. The van der Waals surface area contributed by atoms with Gasteiger partial charge in [-0.25, -0.2) is 0 Å². The predicted molar refractivity (Wildman–Crippen MR) is 113 cm³/mol. The minimum atomic E-state index is -0.800. The molecule has 1 aromatic heterocycles. The largest absolute Gasteiger partial charge is 0.493 e. The molecule has 1 N–H and O–H groups in total. The molecule has 1 unspecified atom stereocenters. The molecule has 0 bridgehead atoms. The van der Waals surface area contributed by atoms with Gasteiger partial charge in [-0.1, -0.05) is 44.2 Å². The van der Waals surface area contributed by atoms with Gasteiger partial charge in [0.15, 0.2) is 0 Å². The number of nitrogens with zero attached hydrogens (tertiary/aromatic N) is 1. The normalized spacial score (nSPS) is 18.5. The van der Waals surface area contributed by atoms with E-state index in [1.54, 1.807) is 6.26 Å². The van der Waals surface area contributed by atoms with Crippen molar-refractivity contribution in [2.24, 2.45) is 5.92 Å². The molecule has 1 aliphatic rings. The van der Waals surface area contributed by atoms with Gasteiger partial charge in [0.25, 0.3) is 5.91 Å². The summed E-state index contributed by atoms with van der Waals surface area (Å²) in [4.78, 5) is 15.3. The number of benzene rings is 2. The molecule has 3 aromatic rings. The first kappa shape index (κ1) is 19.1. The highest BCUT2D eigenvalue weighted by Crippen LogP contribution is 2.42. The lowest BCUT2D eigenvalue weighted by molar-refractivity contribution is 0.0479. The molecular weight excluding hydrogens is 364 g/mol. The van der Waals surface area contributed by atoms with E-state index in [-0.39, 0.29) is 5.91 Å². The molecule has 0 saturated heterocycles. The molecule has 0 fully saturated rings. The van der Waals surface area contributed by atoms with Gasteiger partial charge in [0.2, 0.25) is 0 Å². The van der Waals surface area contributed by atoms with Crippen molar-refractivity contribution < 1.29 is 13.9 Å². The van der Waals surface area contributed by atoms with Crippen LogP contribution >= 0.6 is 0 Å². The third-order valence-electron chi connectivity index (χ3n) is 5.20. The standard InChI is InChI=1S/C24H26N2O3/c1-17(2)16-29-22-13-7-5-11-20(22)24(3)25-21-12-6-4-10-19(21)23(27)26(24)15-18-9-8-14-28-18/h4-14,17,25H,15-16H2,1-3H3. The minimum Gasteiger partial charge on any atom is -0.493 e. The number of hydrogen-bond acceptors (Lipinski definition) is 4. The Hall–Kier alpha value is -3.21. The van der Waals surface area contributed by atoms with Gasteiger partial charge in [0, 0.05) is 11.3 Å². The number of nitrogens with one attached hydrogen (secondary N) is 1. The summed E-state index contributed by atoms with van der Waals surface area (Å²) >= 11 is 0. The number of amides is 1. The Morgan fingerprint density at radius 2 is 1.83 bits per heavy atom. The van der Waals surface area contributed by atoms with Gasteiger partial charge in [0.1, 0.15) is 17.2 Å². The SMILES string of the molecule is CC(C)COc1ccccc1C1(C)Nc2ccccc2C(=O)N1Cc1ccco1. The van der Waals surface area contributed by atoms with Crippen molar-refractivity contribution in [3.63, 3.8) is 0 Å². The van der Waals surface area contributed by atoms with Gasteiger partial charge < -0.3 is 19.4 Å². The van der Waals surface area contributed by atoms with Crippen LogP contribution in [-0.4, -0.2) is 17.4 Å². The van der Waals surface area contributed by atoms with Crippen molar-refractivity contribution in [3.05, 3.63) is 83.8 Å². The number of furan rings is 1. The van der Waals surface area contributed by atoms with Crippen LogP contribution < -0.4 is 10.1 Å². The van der Waals surface area contributed by atoms with Gasteiger partial charge in [-0.05, 0) is 43.2 Å². The summed E-state index contributed by atoms with van der Waals surface area (Å²) in [5.41, 5.74) is 1.58. The summed E-state index contributed by atoms with van der Waals surface area (Å²) < 4.78 is 11.7. The van der Waals surface area contributed by atoms with Crippen molar-refractivity contribution in [1.82, 2.24) is 4.90 Å². The van der Waals surface area contributed by atoms with Crippen LogP contribution in [0, 0.1) is 5.92 Å². The van der Waals surface area contributed by atoms with E-state index < -0.39 is 5.66 Å². The molecule has 2 aromatic carbocycles. The number of para-hydroxylation sites is 2. The van der Waals surface area contributed by atoms with E-state index in [1.165, 1.54) is 0 Å². The first-order valence-corrected chi connectivity index (χ1v) is 9.93. The van der Waals surface area contributed by atoms with Crippen molar-refractivity contribution in [2.45, 2.75) is 33.0 Å². The number of anilines is 1. The average Bonchev–Trinajstić information content (AvgIpc) is 3.23. The Labute approximate surface area is 171 Å². The van der Waals surface area contributed by atoms with Crippen LogP contribution in [-0.2, 0) is 12.2 Å². The third-order valence-corrected chi connectivity index (χ3v) is 5.20. The molecule has 29 heavy (non-hydrogen) atoms. The number of hydrogen-bond donors (Lipinski definition) is 1. The lowest BCUT2D eigenvalue weighted by atomic mass is 9.92. The van der Waals surface area contributed by atoms with Crippen LogP contribution in [0.1, 0.15) is 42.5 Å². The van der Waals surface area contributed by atoms with Crippen LogP contribution in [0.25, 0.3) is 0 Å². The van der Waals surface area contributed by atoms with Crippen LogP contribution in [0.5, 0.6) is 5.75 Å². The van der Waals surface area contributed by atoms with Crippen molar-refractivity contribution >= 4 is 11.6 Å². The number of rotatable bonds is 6. The molecule has 5 heteroatoms. The zero-order valence-corrected chi connectivity index (χ0v) is 17.0. The molecule has 4 rings (SSSR count). The van der Waals surface area contributed by atoms with E-state index in [9.17, 15) is 4.79 Å². The van der Waals surface area contributed by atoms with E-state index >= 15 is 0 Å². The molecule has 5 nitrogen and oxygen atoms in total. The van der Waals surface area contributed by atoms with Gasteiger partial charge in [0.05, 0.1) is 25.0 Å². The fourth-order valence-corrected chi connectivity index (χ4v) is 3.71. The molecule has 0 radical (unpaired) electrons. The van der Waals surface area contributed by atoms with Crippen molar-refractivity contribution in [2.75, 3.05) is 11.9 Å². The van der Waals surface area contributed by atoms with Gasteiger partial charge in [-0.3, -0.25) is 4.79 Å². The topological polar surface area (TPSA) is 54.7 Å². The summed E-state index contributed by atoms with van der Waals surface area (Å²) in [6.45, 7) is 7.21. The van der Waals surface area contributed by atoms with E-state index in [0.717, 1.165) is 22.8 Å². The molecule has 2 heterocycles. The molecule has 0 spiro atoms. The van der Waals surface area contributed by atoms with Gasteiger partial charge in [-0.2, -0.15) is 0 Å². The number of ether oxygens (including phenoxy) is 1. The quantitative estimate of drug-likeness (QED) is 0.624. The van der Waals surface area contributed by atoms with Crippen LogP contribution in [0.4, 0.5) is 5.69 Å². The summed E-state index contributed by atoms with van der Waals surface area (Å²) in [7, 11) is 0. The molecule has 0 aliphatic carbocycles. The van der Waals surface area contributed by atoms with Gasteiger partial charge in [-0.15, -0.1) is 0 Å². The van der Waals surface area contributed by atoms with Crippen LogP contribution in [0.15, 0.2) is 71.3 Å². The minimum absolute atomic E-state index is 0.0445. The zero-order chi connectivity index (χ0) is 20.4. The smallest absolute Gasteiger partial charge is 0.258 e. The molecule has 0 saturated carbocycles. The Bertz CT molecular complexity index is 997.